The van der Waals surface area contributed by atoms with Crippen molar-refractivity contribution in [2.45, 2.75) is 39.0 Å². The van der Waals surface area contributed by atoms with E-state index in [9.17, 15) is 0 Å². The van der Waals surface area contributed by atoms with Crippen LogP contribution in [-0.2, 0) is 0 Å². The number of hydrogen-bond donors (Lipinski definition) is 2. The molecule has 2 aromatic rings. The number of aryl methyl sites for hydroxylation is 1. The van der Waals surface area contributed by atoms with Crippen molar-refractivity contribution in [2.75, 3.05) is 17.2 Å². The van der Waals surface area contributed by atoms with Crippen molar-refractivity contribution < 1.29 is 0 Å². The third kappa shape index (κ3) is 4.81. The first kappa shape index (κ1) is 17.0. The Morgan fingerprint density at radius 1 is 1.21 bits per heavy atom. The molecule has 0 spiro atoms. The van der Waals surface area contributed by atoms with Crippen LogP contribution in [0.1, 0.15) is 37.7 Å². The zero-order chi connectivity index (χ0) is 16.8. The fourth-order valence-electron chi connectivity index (χ4n) is 2.80. The van der Waals surface area contributed by atoms with E-state index < -0.39 is 0 Å². The maximum atomic E-state index is 4.53. The number of nitrogens with zero attached hydrogens (tertiary/aromatic N) is 2. The van der Waals surface area contributed by atoms with Crippen LogP contribution in [0, 0.1) is 6.92 Å². The molecule has 0 aliphatic heterocycles. The summed E-state index contributed by atoms with van der Waals surface area (Å²) in [5.74, 6) is 1.46. The lowest BCUT2D eigenvalue weighted by Crippen LogP contribution is -2.07. The van der Waals surface area contributed by atoms with Crippen molar-refractivity contribution in [3.8, 4) is 0 Å². The molecule has 1 aliphatic rings. The number of nitrogens with one attached hydrogen (secondary N) is 2. The Balaban J connectivity index is 1.57. The number of aromatic nitrogens is 2. The van der Waals surface area contributed by atoms with Gasteiger partial charge in [0.2, 0.25) is 5.95 Å². The van der Waals surface area contributed by atoms with E-state index in [1.165, 1.54) is 31.2 Å². The van der Waals surface area contributed by atoms with Gasteiger partial charge in [0.1, 0.15) is 5.82 Å². The van der Waals surface area contributed by atoms with Gasteiger partial charge in [0.05, 0.1) is 0 Å². The third-order valence-electron chi connectivity index (χ3n) is 4.22. The molecule has 1 aromatic carbocycles. The molecule has 0 atom stereocenters. The molecule has 0 unspecified atom stereocenters. The van der Waals surface area contributed by atoms with Crippen molar-refractivity contribution >= 4 is 33.4 Å². The van der Waals surface area contributed by atoms with Crippen LogP contribution in [0.15, 0.2) is 46.6 Å². The molecule has 0 saturated heterocycles. The van der Waals surface area contributed by atoms with Crippen molar-refractivity contribution in [2.24, 2.45) is 0 Å². The highest BCUT2D eigenvalue weighted by molar-refractivity contribution is 9.10. The maximum Gasteiger partial charge on any atom is 0.229 e. The van der Waals surface area contributed by atoms with Crippen LogP contribution in [0.4, 0.5) is 17.5 Å². The first-order valence-corrected chi connectivity index (χ1v) is 9.28. The number of rotatable bonds is 6. The average Bonchev–Trinajstić information content (AvgIpc) is 2.60. The fraction of sp³-hybridized carbons (Fsp3) is 0.368. The first-order chi connectivity index (χ1) is 11.7. The van der Waals surface area contributed by atoms with Crippen molar-refractivity contribution in [1.82, 2.24) is 9.97 Å². The summed E-state index contributed by atoms with van der Waals surface area (Å²) in [6, 6.07) is 8.03. The SMILES string of the molecule is Cc1ccc(Nc2nccc(NCCC3=CCCCC3)n2)cc1Br. The van der Waals surface area contributed by atoms with E-state index in [-0.39, 0.29) is 0 Å². The molecule has 126 valence electrons. The topological polar surface area (TPSA) is 49.8 Å². The largest absolute Gasteiger partial charge is 0.370 e. The van der Waals surface area contributed by atoms with Gasteiger partial charge in [0, 0.05) is 22.9 Å². The molecule has 0 bridgehead atoms. The molecular formula is C19H23BrN4. The Kier molecular flexibility index (Phi) is 5.86. The highest BCUT2D eigenvalue weighted by Crippen LogP contribution is 2.23. The number of halogens is 1. The molecule has 0 saturated carbocycles. The summed E-state index contributed by atoms with van der Waals surface area (Å²) in [5.41, 5.74) is 3.75. The normalized spacial score (nSPS) is 14.2. The van der Waals surface area contributed by atoms with Gasteiger partial charge in [-0.25, -0.2) is 4.98 Å². The minimum absolute atomic E-state index is 0.604. The van der Waals surface area contributed by atoms with Gasteiger partial charge in [-0.3, -0.25) is 0 Å². The van der Waals surface area contributed by atoms with Gasteiger partial charge >= 0.3 is 0 Å². The summed E-state index contributed by atoms with van der Waals surface area (Å²) in [6.07, 6.45) is 10.4. The summed E-state index contributed by atoms with van der Waals surface area (Å²) in [5, 5.41) is 6.65. The highest BCUT2D eigenvalue weighted by Gasteiger charge is 2.05. The average molecular weight is 387 g/mol. The lowest BCUT2D eigenvalue weighted by atomic mass is 9.97. The molecule has 2 N–H and O–H groups in total. The van der Waals surface area contributed by atoms with Gasteiger partial charge in [-0.1, -0.05) is 33.6 Å². The summed E-state index contributed by atoms with van der Waals surface area (Å²) in [4.78, 5) is 8.83. The van der Waals surface area contributed by atoms with Crippen molar-refractivity contribution in [3.05, 3.63) is 52.1 Å². The second-order valence-corrected chi connectivity index (χ2v) is 6.99. The molecule has 0 radical (unpaired) electrons. The standard InChI is InChI=1S/C19H23BrN4/c1-14-7-8-16(13-17(14)20)23-19-22-12-10-18(24-19)21-11-9-15-5-3-2-4-6-15/h5,7-8,10,12-13H,2-4,6,9,11H2,1H3,(H2,21,22,23,24). The number of anilines is 3. The van der Waals surface area contributed by atoms with E-state index in [4.69, 9.17) is 0 Å². The second-order valence-electron chi connectivity index (χ2n) is 6.14. The van der Waals surface area contributed by atoms with Crippen LogP contribution in [0.2, 0.25) is 0 Å². The molecule has 4 nitrogen and oxygen atoms in total. The minimum atomic E-state index is 0.604. The fourth-order valence-corrected chi connectivity index (χ4v) is 3.18. The third-order valence-corrected chi connectivity index (χ3v) is 5.08. The minimum Gasteiger partial charge on any atom is -0.370 e. The van der Waals surface area contributed by atoms with E-state index in [1.807, 2.05) is 18.2 Å². The monoisotopic (exact) mass is 386 g/mol. The van der Waals surface area contributed by atoms with E-state index in [1.54, 1.807) is 11.8 Å². The highest BCUT2D eigenvalue weighted by atomic mass is 79.9. The second kappa shape index (κ2) is 8.29. The van der Waals surface area contributed by atoms with Gasteiger partial charge in [-0.15, -0.1) is 0 Å². The van der Waals surface area contributed by atoms with Crippen LogP contribution in [0.5, 0.6) is 0 Å². The van der Waals surface area contributed by atoms with Gasteiger partial charge in [0.25, 0.3) is 0 Å². The molecule has 24 heavy (non-hydrogen) atoms. The quantitative estimate of drug-likeness (QED) is 0.634. The van der Waals surface area contributed by atoms with Gasteiger partial charge in [0.15, 0.2) is 0 Å². The van der Waals surface area contributed by atoms with Crippen molar-refractivity contribution in [3.63, 3.8) is 0 Å². The molecule has 1 aromatic heterocycles. The summed E-state index contributed by atoms with van der Waals surface area (Å²) in [6.45, 7) is 2.98. The molecular weight excluding hydrogens is 364 g/mol. The van der Waals surface area contributed by atoms with Crippen LogP contribution >= 0.6 is 15.9 Å². The molecule has 1 aliphatic carbocycles. The Morgan fingerprint density at radius 2 is 2.12 bits per heavy atom. The van der Waals surface area contributed by atoms with Crippen LogP contribution in [0.3, 0.4) is 0 Å². The van der Waals surface area contributed by atoms with Gasteiger partial charge in [-0.05, 0) is 62.8 Å². The number of benzene rings is 1. The predicted octanol–water partition coefficient (Wildman–Crippen LogP) is 5.59. The lowest BCUT2D eigenvalue weighted by molar-refractivity contribution is 0.679. The van der Waals surface area contributed by atoms with Gasteiger partial charge in [-0.2, -0.15) is 4.98 Å². The molecule has 3 rings (SSSR count). The van der Waals surface area contributed by atoms with E-state index >= 15 is 0 Å². The number of hydrogen-bond acceptors (Lipinski definition) is 4. The van der Waals surface area contributed by atoms with Crippen LogP contribution < -0.4 is 10.6 Å². The van der Waals surface area contributed by atoms with Crippen LogP contribution in [-0.4, -0.2) is 16.5 Å². The summed E-state index contributed by atoms with van der Waals surface area (Å²) >= 11 is 3.55. The Labute approximate surface area is 151 Å². The Morgan fingerprint density at radius 3 is 2.92 bits per heavy atom. The van der Waals surface area contributed by atoms with Gasteiger partial charge < -0.3 is 10.6 Å². The molecule has 1 heterocycles. The van der Waals surface area contributed by atoms with E-state index in [0.29, 0.717) is 5.95 Å². The Bertz CT molecular complexity index is 727. The maximum absolute atomic E-state index is 4.53. The lowest BCUT2D eigenvalue weighted by Gasteiger charge is -2.13. The van der Waals surface area contributed by atoms with Crippen molar-refractivity contribution in [1.29, 1.82) is 0 Å². The summed E-state index contributed by atoms with van der Waals surface area (Å²) in [7, 11) is 0. The van der Waals surface area contributed by atoms with E-state index in [0.717, 1.165) is 28.9 Å². The zero-order valence-corrected chi connectivity index (χ0v) is 15.6. The predicted molar refractivity (Wildman–Crippen MR) is 104 cm³/mol. The zero-order valence-electron chi connectivity index (χ0n) is 14.0. The molecule has 0 amide bonds. The Hall–Kier alpha value is -1.88. The summed E-state index contributed by atoms with van der Waals surface area (Å²) < 4.78 is 1.07. The smallest absolute Gasteiger partial charge is 0.229 e. The molecule has 0 fully saturated rings. The first-order valence-electron chi connectivity index (χ1n) is 8.49. The van der Waals surface area contributed by atoms with E-state index in [2.05, 4.69) is 55.6 Å². The molecule has 5 heteroatoms. The van der Waals surface area contributed by atoms with Crippen LogP contribution in [0.25, 0.3) is 0 Å². The number of allylic oxidation sites excluding steroid dienone is 1.